The molecule has 0 amide bonds. The van der Waals surface area contributed by atoms with Crippen LogP contribution in [0.4, 0.5) is 0 Å². The highest BCUT2D eigenvalue weighted by molar-refractivity contribution is 9.10. The average Bonchev–Trinajstić information content (AvgIpc) is 3.31. The van der Waals surface area contributed by atoms with Crippen LogP contribution in [-0.2, 0) is 6.42 Å². The van der Waals surface area contributed by atoms with E-state index in [9.17, 15) is 4.79 Å². The quantitative estimate of drug-likeness (QED) is 0.364. The van der Waals surface area contributed by atoms with Crippen LogP contribution in [0.3, 0.4) is 0 Å². The minimum Gasteiger partial charge on any atom is -0.274 e. The molecule has 0 saturated carbocycles. The first-order chi connectivity index (χ1) is 14.7. The van der Waals surface area contributed by atoms with Crippen LogP contribution in [-0.4, -0.2) is 14.8 Å². The van der Waals surface area contributed by atoms with Crippen molar-refractivity contribution in [2.24, 2.45) is 0 Å². The monoisotopic (exact) mass is 453 g/mol. The van der Waals surface area contributed by atoms with Gasteiger partial charge in [-0.1, -0.05) is 70.5 Å². The third-order valence-corrected chi connectivity index (χ3v) is 6.25. The molecule has 5 aromatic rings. The molecule has 1 N–H and O–H groups in total. The van der Waals surface area contributed by atoms with E-state index in [-0.39, 0.29) is 5.56 Å². The number of hydrogen-bond acceptors (Lipinski definition) is 2. The van der Waals surface area contributed by atoms with Gasteiger partial charge in [-0.2, -0.15) is 0 Å². The fraction of sp³-hybridized carbons (Fsp3) is 0.0400. The Labute approximate surface area is 180 Å². The lowest BCUT2D eigenvalue weighted by molar-refractivity contribution is 0.859. The van der Waals surface area contributed by atoms with Crippen LogP contribution in [0.5, 0.6) is 0 Å². The van der Waals surface area contributed by atoms with Crippen molar-refractivity contribution < 1.29 is 0 Å². The summed E-state index contributed by atoms with van der Waals surface area (Å²) in [5, 5.41) is 3.88. The lowest BCUT2D eigenvalue weighted by Gasteiger charge is -2.10. The molecular formula is C25H16BrN3O. The number of halogens is 1. The normalized spacial score (nSPS) is 12.2. The summed E-state index contributed by atoms with van der Waals surface area (Å²) in [7, 11) is 0. The molecule has 6 rings (SSSR count). The summed E-state index contributed by atoms with van der Waals surface area (Å²) in [5.41, 5.74) is 7.76. The van der Waals surface area contributed by atoms with Gasteiger partial charge in [0.2, 0.25) is 0 Å². The summed E-state index contributed by atoms with van der Waals surface area (Å²) in [5.74, 6) is 0. The van der Waals surface area contributed by atoms with Gasteiger partial charge in [0.1, 0.15) is 0 Å². The molecule has 0 radical (unpaired) electrons. The smallest absolute Gasteiger partial charge is 0.274 e. The van der Waals surface area contributed by atoms with Gasteiger partial charge in [0.05, 0.1) is 16.8 Å². The Balaban J connectivity index is 1.73. The highest BCUT2D eigenvalue weighted by Crippen LogP contribution is 2.43. The Morgan fingerprint density at radius 1 is 0.900 bits per heavy atom. The zero-order chi connectivity index (χ0) is 20.2. The van der Waals surface area contributed by atoms with E-state index < -0.39 is 0 Å². The number of aromatic amines is 1. The Bertz CT molecular complexity index is 1480. The molecule has 4 nitrogen and oxygen atoms in total. The van der Waals surface area contributed by atoms with E-state index in [0.717, 1.165) is 44.5 Å². The molecule has 0 bridgehead atoms. The fourth-order valence-electron chi connectivity index (χ4n) is 4.37. The predicted octanol–water partition coefficient (Wildman–Crippen LogP) is 5.71. The van der Waals surface area contributed by atoms with Gasteiger partial charge in [-0.15, -0.1) is 0 Å². The number of para-hydroxylation sites is 1. The number of fused-ring (bicyclic) bond motifs is 4. The topological polar surface area (TPSA) is 50.7 Å². The maximum Gasteiger partial charge on any atom is 0.281 e. The molecule has 2 heterocycles. The van der Waals surface area contributed by atoms with Gasteiger partial charge in [0, 0.05) is 22.0 Å². The van der Waals surface area contributed by atoms with Crippen molar-refractivity contribution in [2.75, 3.05) is 0 Å². The van der Waals surface area contributed by atoms with E-state index >= 15 is 0 Å². The molecular weight excluding hydrogens is 438 g/mol. The molecule has 0 fully saturated rings. The van der Waals surface area contributed by atoms with E-state index in [1.807, 2.05) is 48.5 Å². The van der Waals surface area contributed by atoms with Crippen molar-refractivity contribution >= 4 is 27.0 Å². The number of H-pyrrole nitrogens is 1. The zero-order valence-corrected chi connectivity index (χ0v) is 17.5. The summed E-state index contributed by atoms with van der Waals surface area (Å²) in [6.07, 6.45) is 0.774. The lowest BCUT2D eigenvalue weighted by Crippen LogP contribution is -2.14. The summed E-state index contributed by atoms with van der Waals surface area (Å²) in [6.45, 7) is 0. The number of nitrogens with zero attached hydrogens (tertiary/aromatic N) is 2. The average molecular weight is 454 g/mol. The van der Waals surface area contributed by atoms with E-state index in [1.54, 1.807) is 4.68 Å². The number of rotatable bonds is 2. The molecule has 30 heavy (non-hydrogen) atoms. The van der Waals surface area contributed by atoms with Crippen molar-refractivity contribution in [3.8, 4) is 28.1 Å². The summed E-state index contributed by atoms with van der Waals surface area (Å²) < 4.78 is 2.59. The Kier molecular flexibility index (Phi) is 3.80. The molecule has 2 aromatic heterocycles. The van der Waals surface area contributed by atoms with Gasteiger partial charge >= 0.3 is 0 Å². The van der Waals surface area contributed by atoms with Gasteiger partial charge < -0.3 is 0 Å². The van der Waals surface area contributed by atoms with Crippen molar-refractivity contribution in [1.82, 2.24) is 14.8 Å². The molecule has 144 valence electrons. The molecule has 0 unspecified atom stereocenters. The number of benzene rings is 3. The first-order valence-corrected chi connectivity index (χ1v) is 10.6. The summed E-state index contributed by atoms with van der Waals surface area (Å²) in [6, 6.07) is 26.1. The van der Waals surface area contributed by atoms with Crippen molar-refractivity contribution in [3.63, 3.8) is 0 Å². The van der Waals surface area contributed by atoms with Crippen molar-refractivity contribution in [1.29, 1.82) is 0 Å². The van der Waals surface area contributed by atoms with Gasteiger partial charge in [-0.3, -0.25) is 9.89 Å². The minimum atomic E-state index is -0.0830. The SMILES string of the molecule is O=c1c2c(-c3ccc(Br)cc3)c3c(nc2[nH]n1-c1ccccc1)-c1ccccc1C3. The molecule has 0 atom stereocenters. The molecule has 0 saturated heterocycles. The molecule has 3 aromatic carbocycles. The molecule has 5 heteroatoms. The second kappa shape index (κ2) is 6.54. The second-order valence-electron chi connectivity index (χ2n) is 7.47. The van der Waals surface area contributed by atoms with Crippen LogP contribution in [0, 0.1) is 0 Å². The van der Waals surface area contributed by atoms with Crippen LogP contribution in [0.1, 0.15) is 11.1 Å². The van der Waals surface area contributed by atoms with Gasteiger partial charge in [0.25, 0.3) is 5.56 Å². The molecule has 0 aliphatic heterocycles. The summed E-state index contributed by atoms with van der Waals surface area (Å²) >= 11 is 3.52. The van der Waals surface area contributed by atoms with Gasteiger partial charge in [-0.05, 0) is 41.0 Å². The predicted molar refractivity (Wildman–Crippen MR) is 123 cm³/mol. The molecule has 1 aliphatic carbocycles. The largest absolute Gasteiger partial charge is 0.281 e. The maximum atomic E-state index is 13.5. The van der Waals surface area contributed by atoms with Gasteiger partial charge in [-0.25, -0.2) is 9.67 Å². The second-order valence-corrected chi connectivity index (χ2v) is 8.38. The molecule has 1 aliphatic rings. The van der Waals surface area contributed by atoms with Crippen molar-refractivity contribution in [2.45, 2.75) is 6.42 Å². The van der Waals surface area contributed by atoms with Crippen molar-refractivity contribution in [3.05, 3.63) is 105 Å². The third kappa shape index (κ3) is 2.52. The number of aromatic nitrogens is 3. The minimum absolute atomic E-state index is 0.0830. The van der Waals surface area contributed by atoms with E-state index in [2.05, 4.69) is 51.4 Å². The highest BCUT2D eigenvalue weighted by Gasteiger charge is 2.28. The Hall–Kier alpha value is -3.44. The number of nitrogens with one attached hydrogen (secondary N) is 1. The molecule has 0 spiro atoms. The van der Waals surface area contributed by atoms with Crippen LogP contribution in [0.25, 0.3) is 39.1 Å². The lowest BCUT2D eigenvalue weighted by atomic mass is 9.96. The van der Waals surface area contributed by atoms with Gasteiger partial charge in [0.15, 0.2) is 5.65 Å². The van der Waals surface area contributed by atoms with E-state index in [1.165, 1.54) is 5.56 Å². The van der Waals surface area contributed by atoms with Crippen LogP contribution in [0.2, 0.25) is 0 Å². The van der Waals surface area contributed by atoms with E-state index in [0.29, 0.717) is 11.0 Å². The number of hydrogen-bond donors (Lipinski definition) is 1. The standard InChI is InChI=1S/C25H16BrN3O/c26-17-12-10-15(11-13-17)21-20-14-16-6-4-5-9-19(16)23(20)27-24-22(21)25(30)29(28-24)18-7-2-1-3-8-18/h1-13H,14H2,(H,27,28). The Morgan fingerprint density at radius 3 is 2.43 bits per heavy atom. The van der Waals surface area contributed by atoms with E-state index in [4.69, 9.17) is 4.98 Å². The first-order valence-electron chi connectivity index (χ1n) is 9.78. The third-order valence-electron chi connectivity index (χ3n) is 5.72. The van der Waals surface area contributed by atoms with Crippen LogP contribution >= 0.6 is 15.9 Å². The maximum absolute atomic E-state index is 13.5. The Morgan fingerprint density at radius 2 is 1.63 bits per heavy atom. The zero-order valence-electron chi connectivity index (χ0n) is 15.9. The number of pyridine rings is 1. The fourth-order valence-corrected chi connectivity index (χ4v) is 4.63. The van der Waals surface area contributed by atoms with Crippen LogP contribution < -0.4 is 5.56 Å². The van der Waals surface area contributed by atoms with Crippen LogP contribution in [0.15, 0.2) is 88.1 Å². The summed E-state index contributed by atoms with van der Waals surface area (Å²) in [4.78, 5) is 18.5. The first kappa shape index (κ1) is 17.4. The highest BCUT2D eigenvalue weighted by atomic mass is 79.9.